The highest BCUT2D eigenvalue weighted by Gasteiger charge is 2.10. The van der Waals surface area contributed by atoms with Gasteiger partial charge in [0.25, 0.3) is 5.91 Å². The lowest BCUT2D eigenvalue weighted by Gasteiger charge is -2.07. The van der Waals surface area contributed by atoms with Crippen molar-refractivity contribution < 1.29 is 9.90 Å². The minimum Gasteiger partial charge on any atom is -0.384 e. The van der Waals surface area contributed by atoms with Crippen molar-refractivity contribution in [2.75, 3.05) is 11.9 Å². The molecule has 6 heteroatoms. The third-order valence-corrected chi connectivity index (χ3v) is 4.10. The lowest BCUT2D eigenvalue weighted by Crippen LogP contribution is -2.11. The van der Waals surface area contributed by atoms with Gasteiger partial charge in [-0.2, -0.15) is 0 Å². The Hall–Kier alpha value is -1.32. The maximum atomic E-state index is 12.1. The van der Waals surface area contributed by atoms with E-state index in [9.17, 15) is 4.79 Å². The summed E-state index contributed by atoms with van der Waals surface area (Å²) in [5, 5.41) is 13.8. The first-order valence-electron chi connectivity index (χ1n) is 5.55. The van der Waals surface area contributed by atoms with E-state index in [1.165, 1.54) is 11.3 Å². The van der Waals surface area contributed by atoms with Crippen LogP contribution in [0.5, 0.6) is 0 Å². The van der Waals surface area contributed by atoms with Gasteiger partial charge in [-0.1, -0.05) is 23.4 Å². The van der Waals surface area contributed by atoms with Crippen LogP contribution in [0.25, 0.3) is 0 Å². The third kappa shape index (κ3) is 3.84. The molecule has 0 aliphatic carbocycles. The highest BCUT2D eigenvalue weighted by molar-refractivity contribution is 9.11. The summed E-state index contributed by atoms with van der Waals surface area (Å²) in [6.07, 6.45) is 0. The zero-order valence-electron chi connectivity index (χ0n) is 10.1. The molecule has 3 nitrogen and oxygen atoms in total. The van der Waals surface area contributed by atoms with Gasteiger partial charge in [0.1, 0.15) is 6.61 Å². The molecule has 0 radical (unpaired) electrons. The summed E-state index contributed by atoms with van der Waals surface area (Å²) >= 11 is 10.7. The number of nitrogens with one attached hydrogen (secondary N) is 1. The summed E-state index contributed by atoms with van der Waals surface area (Å²) in [7, 11) is 0. The van der Waals surface area contributed by atoms with E-state index in [0.29, 0.717) is 21.8 Å². The van der Waals surface area contributed by atoms with Crippen LogP contribution in [0.1, 0.15) is 15.9 Å². The summed E-state index contributed by atoms with van der Waals surface area (Å²) in [6, 6.07) is 6.75. The van der Waals surface area contributed by atoms with Crippen molar-refractivity contribution in [3.8, 4) is 11.8 Å². The van der Waals surface area contributed by atoms with Crippen molar-refractivity contribution >= 4 is 50.5 Å². The van der Waals surface area contributed by atoms with Crippen LogP contribution >= 0.6 is 38.9 Å². The fourth-order valence-electron chi connectivity index (χ4n) is 1.49. The highest BCUT2D eigenvalue weighted by atomic mass is 79.9. The zero-order chi connectivity index (χ0) is 14.5. The van der Waals surface area contributed by atoms with Crippen molar-refractivity contribution in [1.29, 1.82) is 0 Å². The van der Waals surface area contributed by atoms with E-state index in [0.717, 1.165) is 3.79 Å². The molecule has 0 atom stereocenters. The monoisotopic (exact) mass is 369 g/mol. The Morgan fingerprint density at radius 1 is 1.45 bits per heavy atom. The number of thiophene rings is 1. The average Bonchev–Trinajstić information content (AvgIpc) is 2.85. The van der Waals surface area contributed by atoms with Crippen molar-refractivity contribution in [2.24, 2.45) is 0 Å². The van der Waals surface area contributed by atoms with E-state index in [-0.39, 0.29) is 12.5 Å². The number of amides is 1. The van der Waals surface area contributed by atoms with Gasteiger partial charge in [0.15, 0.2) is 0 Å². The van der Waals surface area contributed by atoms with Gasteiger partial charge in [0.05, 0.1) is 15.0 Å². The van der Waals surface area contributed by atoms with Crippen LogP contribution in [0.3, 0.4) is 0 Å². The molecule has 2 aromatic rings. The number of hydrogen-bond donors (Lipinski definition) is 2. The number of rotatable bonds is 2. The first-order valence-corrected chi connectivity index (χ1v) is 7.60. The van der Waals surface area contributed by atoms with E-state index in [2.05, 4.69) is 33.1 Å². The second-order valence-electron chi connectivity index (χ2n) is 3.74. The van der Waals surface area contributed by atoms with Crippen molar-refractivity contribution in [3.63, 3.8) is 0 Å². The van der Waals surface area contributed by atoms with Crippen LogP contribution in [-0.4, -0.2) is 17.6 Å². The van der Waals surface area contributed by atoms with Gasteiger partial charge in [0, 0.05) is 16.0 Å². The molecular formula is C14H9BrClNO2S. The maximum Gasteiger partial charge on any atom is 0.256 e. The fraction of sp³-hybridized carbons (Fsp3) is 0.0714. The van der Waals surface area contributed by atoms with Gasteiger partial charge in [-0.05, 0) is 40.2 Å². The smallest absolute Gasteiger partial charge is 0.256 e. The summed E-state index contributed by atoms with van der Waals surface area (Å²) in [5.74, 6) is 5.08. The van der Waals surface area contributed by atoms with Crippen LogP contribution in [0.2, 0.25) is 5.02 Å². The number of benzene rings is 1. The van der Waals surface area contributed by atoms with Gasteiger partial charge in [0.2, 0.25) is 0 Å². The summed E-state index contributed by atoms with van der Waals surface area (Å²) in [6.45, 7) is -0.243. The Morgan fingerprint density at radius 3 is 2.90 bits per heavy atom. The lowest BCUT2D eigenvalue weighted by atomic mass is 10.1. The molecule has 2 rings (SSSR count). The molecule has 20 heavy (non-hydrogen) atoms. The predicted octanol–water partition coefficient (Wildman–Crippen LogP) is 3.76. The average molecular weight is 371 g/mol. The van der Waals surface area contributed by atoms with E-state index in [4.69, 9.17) is 16.7 Å². The Morgan fingerprint density at radius 2 is 2.25 bits per heavy atom. The molecule has 0 saturated heterocycles. The SMILES string of the molecule is O=C(Nc1cc(Cl)ccc1C#CCO)c1csc(Br)c1. The largest absolute Gasteiger partial charge is 0.384 e. The van der Waals surface area contributed by atoms with Crippen LogP contribution in [0.4, 0.5) is 5.69 Å². The number of carbonyl (C=O) groups excluding carboxylic acids is 1. The second kappa shape index (κ2) is 6.91. The quantitative estimate of drug-likeness (QED) is 0.791. The normalized spacial score (nSPS) is 9.75. The van der Waals surface area contributed by atoms with Crippen LogP contribution in [0.15, 0.2) is 33.4 Å². The molecule has 0 bridgehead atoms. The minimum absolute atomic E-state index is 0.235. The molecule has 0 fully saturated rings. The minimum atomic E-state index is -0.243. The Bertz CT molecular complexity index is 703. The maximum absolute atomic E-state index is 12.1. The number of aliphatic hydroxyl groups is 1. The molecule has 0 spiro atoms. The molecule has 1 heterocycles. The molecule has 0 unspecified atom stereocenters. The zero-order valence-corrected chi connectivity index (χ0v) is 13.3. The van der Waals surface area contributed by atoms with Crippen molar-refractivity contribution in [3.05, 3.63) is 49.6 Å². The van der Waals surface area contributed by atoms with Gasteiger partial charge < -0.3 is 10.4 Å². The molecular weight excluding hydrogens is 362 g/mol. The molecule has 0 aliphatic rings. The fourth-order valence-corrected chi connectivity index (χ4v) is 2.80. The lowest BCUT2D eigenvalue weighted by molar-refractivity contribution is 0.102. The van der Waals surface area contributed by atoms with E-state index in [1.807, 2.05) is 0 Å². The number of halogens is 2. The summed E-state index contributed by atoms with van der Waals surface area (Å²) < 4.78 is 0.883. The van der Waals surface area contributed by atoms with Gasteiger partial charge in [-0.3, -0.25) is 4.79 Å². The Balaban J connectivity index is 2.28. The van der Waals surface area contributed by atoms with Crippen molar-refractivity contribution in [1.82, 2.24) is 0 Å². The number of hydrogen-bond acceptors (Lipinski definition) is 3. The van der Waals surface area contributed by atoms with E-state index >= 15 is 0 Å². The van der Waals surface area contributed by atoms with E-state index in [1.54, 1.807) is 29.6 Å². The van der Waals surface area contributed by atoms with Gasteiger partial charge in [-0.15, -0.1) is 11.3 Å². The second-order valence-corrected chi connectivity index (χ2v) is 6.47. The molecule has 0 saturated carbocycles. The summed E-state index contributed by atoms with van der Waals surface area (Å²) in [5.41, 5.74) is 1.68. The standard InChI is InChI=1S/C14H9BrClNO2S/c15-13-6-10(8-20-13)14(19)17-12-7-11(16)4-3-9(12)2-1-5-18/h3-4,6-8,18H,5H2,(H,17,19). The van der Waals surface area contributed by atoms with Gasteiger partial charge in [-0.25, -0.2) is 0 Å². The Labute approximate surface area is 133 Å². The van der Waals surface area contributed by atoms with Crippen LogP contribution < -0.4 is 5.32 Å². The highest BCUT2D eigenvalue weighted by Crippen LogP contribution is 2.24. The molecule has 1 aromatic heterocycles. The number of carbonyl (C=O) groups is 1. The first-order chi connectivity index (χ1) is 9.60. The predicted molar refractivity (Wildman–Crippen MR) is 85.4 cm³/mol. The molecule has 0 aliphatic heterocycles. The molecule has 1 aromatic carbocycles. The van der Waals surface area contributed by atoms with Gasteiger partial charge >= 0.3 is 0 Å². The molecule has 1 amide bonds. The topological polar surface area (TPSA) is 49.3 Å². The molecule has 102 valence electrons. The van der Waals surface area contributed by atoms with Crippen molar-refractivity contribution in [2.45, 2.75) is 0 Å². The van der Waals surface area contributed by atoms with Crippen LogP contribution in [0, 0.1) is 11.8 Å². The molecule has 2 N–H and O–H groups in total. The van der Waals surface area contributed by atoms with Crippen LogP contribution in [-0.2, 0) is 0 Å². The summed E-state index contributed by atoms with van der Waals surface area (Å²) in [4.78, 5) is 12.1. The number of aliphatic hydroxyl groups excluding tert-OH is 1. The first kappa shape index (κ1) is 15.1. The number of anilines is 1. The Kier molecular flexibility index (Phi) is 5.21. The third-order valence-electron chi connectivity index (χ3n) is 2.36. The van der Waals surface area contributed by atoms with E-state index < -0.39 is 0 Å².